The van der Waals surface area contributed by atoms with E-state index in [4.69, 9.17) is 19.5 Å². The van der Waals surface area contributed by atoms with Gasteiger partial charge in [-0.25, -0.2) is 0 Å². The van der Waals surface area contributed by atoms with E-state index in [1.165, 1.54) is 0 Å². The first-order chi connectivity index (χ1) is 7.33. The van der Waals surface area contributed by atoms with Gasteiger partial charge in [-0.1, -0.05) is 0 Å². The summed E-state index contributed by atoms with van der Waals surface area (Å²) in [6.45, 7) is 1.23. The van der Waals surface area contributed by atoms with Crippen molar-refractivity contribution in [1.82, 2.24) is 0 Å². The summed E-state index contributed by atoms with van der Waals surface area (Å²) in [6.07, 6.45) is 0.104. The second kappa shape index (κ2) is 4.20. The molecule has 78 valence electrons. The minimum Gasteiger partial charge on any atom is -0.493 e. The van der Waals surface area contributed by atoms with Crippen LogP contribution < -0.4 is 9.47 Å². The number of benzene rings is 1. The van der Waals surface area contributed by atoms with Gasteiger partial charge in [0, 0.05) is 6.07 Å². The SMILES string of the molecule is COc1cc(C#N)ccc1OC1COC1. The molecule has 0 saturated carbocycles. The minimum absolute atomic E-state index is 0.104. The van der Waals surface area contributed by atoms with Gasteiger partial charge in [-0.05, 0) is 12.1 Å². The highest BCUT2D eigenvalue weighted by atomic mass is 16.6. The van der Waals surface area contributed by atoms with Gasteiger partial charge in [0.05, 0.1) is 32.0 Å². The molecule has 0 amide bonds. The lowest BCUT2D eigenvalue weighted by Gasteiger charge is -2.27. The Morgan fingerprint density at radius 2 is 2.20 bits per heavy atom. The summed E-state index contributed by atoms with van der Waals surface area (Å²) in [5.41, 5.74) is 0.559. The molecule has 1 aromatic rings. The van der Waals surface area contributed by atoms with Gasteiger partial charge in [0.15, 0.2) is 11.5 Å². The topological polar surface area (TPSA) is 51.5 Å². The van der Waals surface area contributed by atoms with E-state index < -0.39 is 0 Å². The number of ether oxygens (including phenoxy) is 3. The van der Waals surface area contributed by atoms with Gasteiger partial charge in [-0.2, -0.15) is 5.26 Å². The van der Waals surface area contributed by atoms with Crippen molar-refractivity contribution in [2.45, 2.75) is 6.10 Å². The summed E-state index contributed by atoms with van der Waals surface area (Å²) in [5.74, 6) is 1.24. The molecule has 0 bridgehead atoms. The number of hydrogen-bond donors (Lipinski definition) is 0. The first-order valence-electron chi connectivity index (χ1n) is 4.66. The molecule has 0 spiro atoms. The fourth-order valence-corrected chi connectivity index (χ4v) is 1.30. The van der Waals surface area contributed by atoms with Crippen LogP contribution in [0.3, 0.4) is 0 Å². The smallest absolute Gasteiger partial charge is 0.162 e. The summed E-state index contributed by atoms with van der Waals surface area (Å²) in [7, 11) is 1.56. The van der Waals surface area contributed by atoms with Crippen LogP contribution in [-0.4, -0.2) is 26.4 Å². The second-order valence-electron chi connectivity index (χ2n) is 3.25. The Morgan fingerprint density at radius 3 is 2.73 bits per heavy atom. The van der Waals surface area contributed by atoms with Crippen LogP contribution >= 0.6 is 0 Å². The van der Waals surface area contributed by atoms with Crippen molar-refractivity contribution in [3.05, 3.63) is 23.8 Å². The van der Waals surface area contributed by atoms with E-state index in [1.807, 2.05) is 6.07 Å². The van der Waals surface area contributed by atoms with E-state index in [9.17, 15) is 0 Å². The van der Waals surface area contributed by atoms with Crippen molar-refractivity contribution >= 4 is 0 Å². The molecule has 15 heavy (non-hydrogen) atoms. The van der Waals surface area contributed by atoms with Gasteiger partial charge in [-0.15, -0.1) is 0 Å². The predicted octanol–water partition coefficient (Wildman–Crippen LogP) is 1.34. The van der Waals surface area contributed by atoms with Crippen LogP contribution in [0.5, 0.6) is 11.5 Å². The molecule has 0 radical (unpaired) electrons. The van der Waals surface area contributed by atoms with E-state index in [0.717, 1.165) is 0 Å². The monoisotopic (exact) mass is 205 g/mol. The highest BCUT2D eigenvalue weighted by molar-refractivity contribution is 5.46. The maximum absolute atomic E-state index is 8.72. The Morgan fingerprint density at radius 1 is 1.40 bits per heavy atom. The number of hydrogen-bond acceptors (Lipinski definition) is 4. The maximum atomic E-state index is 8.72. The van der Waals surface area contributed by atoms with Crippen LogP contribution in [0.2, 0.25) is 0 Å². The molecule has 1 fully saturated rings. The summed E-state index contributed by atoms with van der Waals surface area (Å²) in [5, 5.41) is 8.72. The first-order valence-corrected chi connectivity index (χ1v) is 4.66. The fraction of sp³-hybridized carbons (Fsp3) is 0.364. The van der Waals surface area contributed by atoms with Crippen molar-refractivity contribution in [2.24, 2.45) is 0 Å². The zero-order valence-corrected chi connectivity index (χ0v) is 8.40. The lowest BCUT2D eigenvalue weighted by Crippen LogP contribution is -2.38. The van der Waals surface area contributed by atoms with E-state index in [0.29, 0.717) is 30.3 Å². The average Bonchev–Trinajstić information content (AvgIpc) is 2.23. The molecule has 1 heterocycles. The van der Waals surface area contributed by atoms with Crippen molar-refractivity contribution in [1.29, 1.82) is 5.26 Å². The summed E-state index contributed by atoms with van der Waals surface area (Å²) in [6, 6.07) is 7.16. The van der Waals surface area contributed by atoms with Gasteiger partial charge in [0.25, 0.3) is 0 Å². The lowest BCUT2D eigenvalue weighted by molar-refractivity contribution is -0.0803. The van der Waals surface area contributed by atoms with Crippen molar-refractivity contribution in [3.63, 3.8) is 0 Å². The number of methoxy groups -OCH3 is 1. The van der Waals surface area contributed by atoms with Crippen LogP contribution in [-0.2, 0) is 4.74 Å². The fourth-order valence-electron chi connectivity index (χ4n) is 1.30. The zero-order valence-electron chi connectivity index (χ0n) is 8.40. The Kier molecular flexibility index (Phi) is 2.75. The second-order valence-corrected chi connectivity index (χ2v) is 3.25. The zero-order chi connectivity index (χ0) is 10.7. The molecule has 2 rings (SSSR count). The highest BCUT2D eigenvalue weighted by Crippen LogP contribution is 2.29. The molecule has 0 unspecified atom stereocenters. The van der Waals surface area contributed by atoms with Crippen LogP contribution in [0.4, 0.5) is 0 Å². The molecule has 0 aromatic heterocycles. The molecule has 1 saturated heterocycles. The predicted molar refractivity (Wildman–Crippen MR) is 52.9 cm³/mol. The molecular weight excluding hydrogens is 194 g/mol. The Balaban J connectivity index is 2.18. The molecule has 4 heteroatoms. The van der Waals surface area contributed by atoms with Crippen LogP contribution in [0, 0.1) is 11.3 Å². The molecule has 0 atom stereocenters. The Hall–Kier alpha value is -1.73. The Labute approximate surface area is 88.0 Å². The van der Waals surface area contributed by atoms with Crippen molar-refractivity contribution in [2.75, 3.05) is 20.3 Å². The third-order valence-corrected chi connectivity index (χ3v) is 2.19. The molecule has 4 nitrogen and oxygen atoms in total. The lowest BCUT2D eigenvalue weighted by atomic mass is 10.2. The van der Waals surface area contributed by atoms with Gasteiger partial charge in [0.2, 0.25) is 0 Å². The minimum atomic E-state index is 0.104. The van der Waals surface area contributed by atoms with Crippen LogP contribution in [0.15, 0.2) is 18.2 Å². The highest BCUT2D eigenvalue weighted by Gasteiger charge is 2.21. The number of rotatable bonds is 3. The molecule has 1 aliphatic heterocycles. The number of nitrogens with zero attached hydrogens (tertiary/aromatic N) is 1. The molecule has 1 aliphatic rings. The standard InChI is InChI=1S/C11H11NO3/c1-13-11-4-8(5-12)2-3-10(11)15-9-6-14-7-9/h2-4,9H,6-7H2,1H3. The quantitative estimate of drug-likeness (QED) is 0.747. The van der Waals surface area contributed by atoms with E-state index >= 15 is 0 Å². The van der Waals surface area contributed by atoms with Gasteiger partial charge in [0.1, 0.15) is 6.10 Å². The van der Waals surface area contributed by atoms with Crippen molar-refractivity contribution in [3.8, 4) is 17.6 Å². The van der Waals surface area contributed by atoms with E-state index in [1.54, 1.807) is 25.3 Å². The molecule has 0 N–H and O–H groups in total. The van der Waals surface area contributed by atoms with Gasteiger partial charge < -0.3 is 14.2 Å². The molecule has 1 aromatic carbocycles. The Bertz CT molecular complexity index is 393. The first kappa shape index (κ1) is 9.81. The van der Waals surface area contributed by atoms with Gasteiger partial charge >= 0.3 is 0 Å². The maximum Gasteiger partial charge on any atom is 0.162 e. The van der Waals surface area contributed by atoms with Crippen molar-refractivity contribution < 1.29 is 14.2 Å². The van der Waals surface area contributed by atoms with Gasteiger partial charge in [-0.3, -0.25) is 0 Å². The normalized spacial score (nSPS) is 15.2. The third kappa shape index (κ3) is 2.03. The van der Waals surface area contributed by atoms with E-state index in [-0.39, 0.29) is 6.10 Å². The molecular formula is C11H11NO3. The average molecular weight is 205 g/mol. The third-order valence-electron chi connectivity index (χ3n) is 2.19. The van der Waals surface area contributed by atoms with Crippen LogP contribution in [0.25, 0.3) is 0 Å². The number of nitriles is 1. The summed E-state index contributed by atoms with van der Waals surface area (Å²) < 4.78 is 15.8. The van der Waals surface area contributed by atoms with Crippen LogP contribution in [0.1, 0.15) is 5.56 Å². The summed E-state index contributed by atoms with van der Waals surface area (Å²) in [4.78, 5) is 0. The largest absolute Gasteiger partial charge is 0.493 e. The summed E-state index contributed by atoms with van der Waals surface area (Å²) >= 11 is 0. The molecule has 0 aliphatic carbocycles. The van der Waals surface area contributed by atoms with E-state index in [2.05, 4.69) is 0 Å².